The van der Waals surface area contributed by atoms with Gasteiger partial charge < -0.3 is 25.2 Å². The van der Waals surface area contributed by atoms with E-state index in [2.05, 4.69) is 0 Å². The molecule has 0 aromatic heterocycles. The lowest BCUT2D eigenvalue weighted by molar-refractivity contribution is -0.0401. The van der Waals surface area contributed by atoms with Gasteiger partial charge in [0.2, 0.25) is 6.29 Å². The zero-order chi connectivity index (χ0) is 15.1. The van der Waals surface area contributed by atoms with E-state index in [1.807, 2.05) is 0 Å². The number of ketones is 1. The lowest BCUT2D eigenvalue weighted by atomic mass is 9.87. The fraction of sp³-hybridized carbons (Fsp3) is 0.133. The first-order chi connectivity index (χ1) is 9.97. The summed E-state index contributed by atoms with van der Waals surface area (Å²) in [4.78, 5) is 12.5. The van der Waals surface area contributed by atoms with Gasteiger partial charge in [-0.05, 0) is 23.8 Å². The van der Waals surface area contributed by atoms with Gasteiger partial charge in [0.15, 0.2) is 17.3 Å². The largest absolute Gasteiger partial charge is 0.508 e. The average molecular weight is 288 g/mol. The summed E-state index contributed by atoms with van der Waals surface area (Å²) in [7, 11) is 0. The maximum Gasteiger partial charge on any atom is 0.211 e. The number of aliphatic hydroxyl groups is 1. The van der Waals surface area contributed by atoms with Crippen molar-refractivity contribution < 1.29 is 30.0 Å². The zero-order valence-electron chi connectivity index (χ0n) is 10.7. The number of ether oxygens (including phenoxy) is 1. The highest BCUT2D eigenvalue weighted by Gasteiger charge is 2.39. The minimum absolute atomic E-state index is 0.00382. The Labute approximate surface area is 119 Å². The standard InChI is InChI=1S/C15H12O6/c16-8-3-1-7(2-4-8)12-13(19)10-5-9(17)6-11(18)14(10)21-15(12)20/h1-6,12,15-18,20H/t12-,15-/m0/s1. The number of hydrogen-bond acceptors (Lipinski definition) is 6. The highest BCUT2D eigenvalue weighted by Crippen LogP contribution is 2.42. The summed E-state index contributed by atoms with van der Waals surface area (Å²) < 4.78 is 5.20. The van der Waals surface area contributed by atoms with Crippen molar-refractivity contribution in [3.8, 4) is 23.0 Å². The fourth-order valence-corrected chi connectivity index (χ4v) is 2.39. The molecule has 0 saturated carbocycles. The molecule has 0 radical (unpaired) electrons. The highest BCUT2D eigenvalue weighted by molar-refractivity contribution is 6.05. The molecule has 1 aliphatic rings. The van der Waals surface area contributed by atoms with Gasteiger partial charge in [-0.15, -0.1) is 0 Å². The van der Waals surface area contributed by atoms with Gasteiger partial charge in [0.05, 0.1) is 5.56 Å². The van der Waals surface area contributed by atoms with Crippen molar-refractivity contribution in [1.29, 1.82) is 0 Å². The number of carbonyl (C=O) groups excluding carboxylic acids is 1. The predicted octanol–water partition coefficient (Wildman–Crippen LogP) is 1.48. The first-order valence-electron chi connectivity index (χ1n) is 6.21. The van der Waals surface area contributed by atoms with Crippen molar-refractivity contribution in [1.82, 2.24) is 0 Å². The number of rotatable bonds is 1. The second kappa shape index (κ2) is 4.68. The van der Waals surface area contributed by atoms with Crippen LogP contribution in [0.4, 0.5) is 0 Å². The van der Waals surface area contributed by atoms with Crippen LogP contribution in [0.3, 0.4) is 0 Å². The van der Waals surface area contributed by atoms with Crippen LogP contribution < -0.4 is 4.74 Å². The van der Waals surface area contributed by atoms with Gasteiger partial charge in [-0.2, -0.15) is 0 Å². The quantitative estimate of drug-likeness (QED) is 0.633. The second-order valence-electron chi connectivity index (χ2n) is 4.78. The van der Waals surface area contributed by atoms with Gasteiger partial charge in [0.25, 0.3) is 0 Å². The summed E-state index contributed by atoms with van der Waals surface area (Å²) in [6.07, 6.45) is -1.47. The fourth-order valence-electron chi connectivity index (χ4n) is 2.39. The van der Waals surface area contributed by atoms with E-state index in [1.54, 1.807) is 0 Å². The number of hydrogen-bond donors (Lipinski definition) is 4. The molecule has 0 unspecified atom stereocenters. The SMILES string of the molecule is O=C1c2cc(O)cc(O)c2O[C@H](O)[C@H]1c1ccc(O)cc1. The Balaban J connectivity index is 2.09. The monoisotopic (exact) mass is 288 g/mol. The maximum atomic E-state index is 12.5. The van der Waals surface area contributed by atoms with E-state index in [-0.39, 0.29) is 22.8 Å². The number of benzene rings is 2. The lowest BCUT2D eigenvalue weighted by Crippen LogP contribution is -2.35. The summed E-state index contributed by atoms with van der Waals surface area (Å²) in [5.41, 5.74) is 0.453. The van der Waals surface area contributed by atoms with E-state index in [9.17, 15) is 25.2 Å². The molecule has 1 heterocycles. The first kappa shape index (κ1) is 13.3. The molecule has 6 nitrogen and oxygen atoms in total. The van der Waals surface area contributed by atoms with Gasteiger partial charge in [0, 0.05) is 6.07 Å². The lowest BCUT2D eigenvalue weighted by Gasteiger charge is -2.29. The van der Waals surface area contributed by atoms with Crippen molar-refractivity contribution in [2.45, 2.75) is 12.2 Å². The molecule has 6 heteroatoms. The minimum Gasteiger partial charge on any atom is -0.508 e. The summed E-state index contributed by atoms with van der Waals surface area (Å²) in [5, 5.41) is 38.5. The van der Waals surface area contributed by atoms with Crippen LogP contribution in [0.1, 0.15) is 21.8 Å². The molecule has 0 spiro atoms. The van der Waals surface area contributed by atoms with Gasteiger partial charge in [0.1, 0.15) is 17.4 Å². The van der Waals surface area contributed by atoms with E-state index >= 15 is 0 Å². The molecule has 0 bridgehead atoms. The summed E-state index contributed by atoms with van der Waals surface area (Å²) in [6.45, 7) is 0. The zero-order valence-corrected chi connectivity index (χ0v) is 10.7. The van der Waals surface area contributed by atoms with Crippen LogP contribution in [-0.4, -0.2) is 32.5 Å². The number of phenols is 3. The number of Topliss-reactive ketones (excluding diaryl/α,β-unsaturated/α-hetero) is 1. The highest BCUT2D eigenvalue weighted by atomic mass is 16.6. The summed E-state index contributed by atoms with van der Waals surface area (Å²) in [5.74, 6) is -2.29. The normalized spacial score (nSPS) is 20.7. The van der Waals surface area contributed by atoms with E-state index < -0.39 is 23.7 Å². The predicted molar refractivity (Wildman–Crippen MR) is 71.6 cm³/mol. The molecule has 2 aromatic rings. The van der Waals surface area contributed by atoms with Crippen molar-refractivity contribution in [2.24, 2.45) is 0 Å². The molecule has 1 aliphatic heterocycles. The number of fused-ring (bicyclic) bond motifs is 1. The Bertz CT molecular complexity index is 707. The van der Waals surface area contributed by atoms with Crippen LogP contribution >= 0.6 is 0 Å². The van der Waals surface area contributed by atoms with Crippen LogP contribution in [0.2, 0.25) is 0 Å². The molecular weight excluding hydrogens is 276 g/mol. The molecule has 21 heavy (non-hydrogen) atoms. The van der Waals surface area contributed by atoms with Crippen LogP contribution in [-0.2, 0) is 0 Å². The van der Waals surface area contributed by atoms with Crippen molar-refractivity contribution >= 4 is 5.78 Å². The molecule has 0 amide bonds. The average Bonchev–Trinajstić information content (AvgIpc) is 2.42. The van der Waals surface area contributed by atoms with Gasteiger partial charge in [-0.1, -0.05) is 12.1 Å². The third kappa shape index (κ3) is 2.15. The van der Waals surface area contributed by atoms with Crippen LogP contribution in [0.5, 0.6) is 23.0 Å². The van der Waals surface area contributed by atoms with E-state index in [0.717, 1.165) is 6.07 Å². The Morgan fingerprint density at radius 3 is 2.29 bits per heavy atom. The topological polar surface area (TPSA) is 107 Å². The molecule has 0 saturated heterocycles. The number of aromatic hydroxyl groups is 3. The molecule has 2 atom stereocenters. The Kier molecular flexibility index (Phi) is 2.95. The van der Waals surface area contributed by atoms with Gasteiger partial charge in [-0.25, -0.2) is 0 Å². The molecule has 108 valence electrons. The third-order valence-corrected chi connectivity index (χ3v) is 3.38. The van der Waals surface area contributed by atoms with E-state index in [4.69, 9.17) is 4.74 Å². The molecule has 4 N–H and O–H groups in total. The van der Waals surface area contributed by atoms with Crippen molar-refractivity contribution in [3.05, 3.63) is 47.5 Å². The minimum atomic E-state index is -1.47. The third-order valence-electron chi connectivity index (χ3n) is 3.38. The van der Waals surface area contributed by atoms with Crippen LogP contribution in [0.25, 0.3) is 0 Å². The molecular formula is C15H12O6. The second-order valence-corrected chi connectivity index (χ2v) is 4.78. The Morgan fingerprint density at radius 2 is 1.62 bits per heavy atom. The number of carbonyl (C=O) groups is 1. The molecule has 2 aromatic carbocycles. The maximum absolute atomic E-state index is 12.5. The van der Waals surface area contributed by atoms with E-state index in [1.165, 1.54) is 30.3 Å². The summed E-state index contributed by atoms with van der Waals surface area (Å²) in [6, 6.07) is 7.99. The summed E-state index contributed by atoms with van der Waals surface area (Å²) >= 11 is 0. The first-order valence-corrected chi connectivity index (χ1v) is 6.21. The van der Waals surface area contributed by atoms with Crippen LogP contribution in [0, 0.1) is 0 Å². The van der Waals surface area contributed by atoms with Crippen LogP contribution in [0.15, 0.2) is 36.4 Å². The number of aliphatic hydroxyl groups excluding tert-OH is 1. The van der Waals surface area contributed by atoms with Crippen molar-refractivity contribution in [3.63, 3.8) is 0 Å². The molecule has 3 rings (SSSR count). The van der Waals surface area contributed by atoms with E-state index in [0.29, 0.717) is 5.56 Å². The molecule has 0 fully saturated rings. The van der Waals surface area contributed by atoms with Crippen molar-refractivity contribution in [2.75, 3.05) is 0 Å². The Morgan fingerprint density at radius 1 is 0.952 bits per heavy atom. The molecule has 0 aliphatic carbocycles. The number of phenolic OH excluding ortho intramolecular Hbond substituents is 3. The smallest absolute Gasteiger partial charge is 0.211 e. The Hall–Kier alpha value is -2.73. The van der Waals surface area contributed by atoms with Gasteiger partial charge >= 0.3 is 0 Å². The van der Waals surface area contributed by atoms with Gasteiger partial charge in [-0.3, -0.25) is 4.79 Å².